The molecule has 0 aliphatic heterocycles. The first-order valence-corrected chi connectivity index (χ1v) is 4.88. The molecule has 0 aromatic heterocycles. The average molecular weight is 231 g/mol. The van der Waals surface area contributed by atoms with E-state index in [9.17, 15) is 9.18 Å². The third kappa shape index (κ3) is 2.69. The second kappa shape index (κ2) is 4.19. The highest BCUT2D eigenvalue weighted by molar-refractivity contribution is 6.31. The molecule has 0 fully saturated rings. The van der Waals surface area contributed by atoms with Gasteiger partial charge in [-0.1, -0.05) is 29.8 Å². The van der Waals surface area contributed by atoms with E-state index >= 15 is 0 Å². The molecule has 1 aromatic carbocycles. The van der Waals surface area contributed by atoms with E-state index in [0.717, 1.165) is 0 Å². The molecule has 0 spiro atoms. The maximum absolute atomic E-state index is 13.7. The first kappa shape index (κ1) is 12.0. The number of benzene rings is 1. The van der Waals surface area contributed by atoms with Gasteiger partial charge < -0.3 is 5.11 Å². The molecule has 0 aliphatic carbocycles. The minimum absolute atomic E-state index is 0.274. The molecular formula is C11H12ClFO2. The fourth-order valence-corrected chi connectivity index (χ4v) is 1.75. The molecule has 1 aromatic rings. The van der Waals surface area contributed by atoms with Crippen molar-refractivity contribution in [2.45, 2.75) is 25.4 Å². The largest absolute Gasteiger partial charge is 0.481 e. The fourth-order valence-electron chi connectivity index (χ4n) is 1.51. The van der Waals surface area contributed by atoms with Gasteiger partial charge in [-0.3, -0.25) is 4.79 Å². The number of rotatable bonds is 3. The summed E-state index contributed by atoms with van der Waals surface area (Å²) in [6.45, 7) is 2.46. The van der Waals surface area contributed by atoms with Gasteiger partial charge in [-0.15, -0.1) is 0 Å². The molecule has 2 nitrogen and oxygen atoms in total. The predicted molar refractivity (Wildman–Crippen MR) is 57.0 cm³/mol. The Hall–Kier alpha value is -1.09. The van der Waals surface area contributed by atoms with E-state index in [-0.39, 0.29) is 5.02 Å². The molecule has 0 saturated carbocycles. The second-order valence-corrected chi connectivity index (χ2v) is 4.26. The zero-order valence-electron chi connectivity index (χ0n) is 8.50. The molecule has 1 rings (SSSR count). The SMILES string of the molecule is CC(C)(F)C(C(=O)O)c1ccccc1Cl. The Kier molecular flexibility index (Phi) is 3.35. The van der Waals surface area contributed by atoms with Gasteiger partial charge in [0.15, 0.2) is 0 Å². The van der Waals surface area contributed by atoms with Crippen molar-refractivity contribution in [2.24, 2.45) is 0 Å². The summed E-state index contributed by atoms with van der Waals surface area (Å²) in [5.74, 6) is -2.46. The van der Waals surface area contributed by atoms with Crippen LogP contribution in [0.2, 0.25) is 5.02 Å². The van der Waals surface area contributed by atoms with Gasteiger partial charge in [0.05, 0.1) is 0 Å². The van der Waals surface area contributed by atoms with Crippen LogP contribution >= 0.6 is 11.6 Å². The first-order valence-electron chi connectivity index (χ1n) is 4.50. The van der Waals surface area contributed by atoms with Crippen molar-refractivity contribution in [3.05, 3.63) is 34.9 Å². The highest BCUT2D eigenvalue weighted by atomic mass is 35.5. The lowest BCUT2D eigenvalue weighted by atomic mass is 9.86. The van der Waals surface area contributed by atoms with E-state index in [2.05, 4.69) is 0 Å². The lowest BCUT2D eigenvalue weighted by Gasteiger charge is -2.24. The lowest BCUT2D eigenvalue weighted by molar-refractivity contribution is -0.142. The number of halogens is 2. The van der Waals surface area contributed by atoms with E-state index in [1.807, 2.05) is 0 Å². The van der Waals surface area contributed by atoms with Crippen molar-refractivity contribution in [3.63, 3.8) is 0 Å². The van der Waals surface area contributed by atoms with Gasteiger partial charge >= 0.3 is 5.97 Å². The number of aliphatic carboxylic acids is 1. The number of carbonyl (C=O) groups is 1. The van der Waals surface area contributed by atoms with E-state index in [0.29, 0.717) is 5.56 Å². The molecule has 0 amide bonds. The van der Waals surface area contributed by atoms with Crippen LogP contribution in [0, 0.1) is 0 Å². The van der Waals surface area contributed by atoms with Crippen LogP contribution < -0.4 is 0 Å². The Morgan fingerprint density at radius 3 is 2.40 bits per heavy atom. The number of alkyl halides is 1. The van der Waals surface area contributed by atoms with E-state index in [1.54, 1.807) is 18.2 Å². The van der Waals surface area contributed by atoms with E-state index in [1.165, 1.54) is 19.9 Å². The summed E-state index contributed by atoms with van der Waals surface area (Å²) in [7, 11) is 0. The van der Waals surface area contributed by atoms with Crippen LogP contribution in [-0.2, 0) is 4.79 Å². The van der Waals surface area contributed by atoms with Crippen molar-refractivity contribution >= 4 is 17.6 Å². The van der Waals surface area contributed by atoms with Crippen molar-refractivity contribution in [3.8, 4) is 0 Å². The van der Waals surface area contributed by atoms with Gasteiger partial charge in [0.2, 0.25) is 0 Å². The number of hydrogen-bond donors (Lipinski definition) is 1. The molecule has 1 unspecified atom stereocenters. The molecule has 0 saturated heterocycles. The highest BCUT2D eigenvalue weighted by Crippen LogP contribution is 2.35. The fraction of sp³-hybridized carbons (Fsp3) is 0.364. The normalized spacial score (nSPS) is 13.6. The predicted octanol–water partition coefficient (Wildman–Crippen LogP) is 3.26. The Bertz CT molecular complexity index is 371. The van der Waals surface area contributed by atoms with Crippen LogP contribution in [-0.4, -0.2) is 16.7 Å². The molecule has 82 valence electrons. The maximum Gasteiger partial charge on any atom is 0.314 e. The third-order valence-corrected chi connectivity index (χ3v) is 2.49. The van der Waals surface area contributed by atoms with Crippen LogP contribution in [0.1, 0.15) is 25.3 Å². The Morgan fingerprint density at radius 1 is 1.47 bits per heavy atom. The molecule has 1 N–H and O–H groups in total. The quantitative estimate of drug-likeness (QED) is 0.866. The molecule has 0 radical (unpaired) electrons. The summed E-state index contributed by atoms with van der Waals surface area (Å²) in [6, 6.07) is 6.40. The molecular weight excluding hydrogens is 219 g/mol. The minimum atomic E-state index is -1.85. The number of hydrogen-bond acceptors (Lipinski definition) is 1. The summed E-state index contributed by atoms with van der Waals surface area (Å²) in [5.41, 5.74) is -1.55. The molecule has 1 atom stereocenters. The van der Waals surface area contributed by atoms with E-state index in [4.69, 9.17) is 16.7 Å². The van der Waals surface area contributed by atoms with Crippen molar-refractivity contribution in [1.29, 1.82) is 0 Å². The smallest absolute Gasteiger partial charge is 0.314 e. The van der Waals surface area contributed by atoms with Gasteiger partial charge in [-0.2, -0.15) is 0 Å². The Morgan fingerprint density at radius 2 is 2.00 bits per heavy atom. The van der Waals surface area contributed by atoms with Gasteiger partial charge in [0, 0.05) is 5.02 Å². The maximum atomic E-state index is 13.7. The molecule has 0 heterocycles. The Labute approximate surface area is 92.7 Å². The average Bonchev–Trinajstić information content (AvgIpc) is 2.05. The zero-order chi connectivity index (χ0) is 11.6. The molecule has 0 aliphatic rings. The lowest BCUT2D eigenvalue weighted by Crippen LogP contribution is -2.30. The minimum Gasteiger partial charge on any atom is -0.481 e. The molecule has 4 heteroatoms. The summed E-state index contributed by atoms with van der Waals surface area (Å²) < 4.78 is 13.7. The summed E-state index contributed by atoms with van der Waals surface area (Å²) >= 11 is 5.84. The van der Waals surface area contributed by atoms with Crippen molar-refractivity contribution < 1.29 is 14.3 Å². The second-order valence-electron chi connectivity index (χ2n) is 3.86. The van der Waals surface area contributed by atoms with E-state index < -0.39 is 17.6 Å². The highest BCUT2D eigenvalue weighted by Gasteiger charge is 2.37. The first-order chi connectivity index (χ1) is 6.84. The van der Waals surface area contributed by atoms with Gasteiger partial charge in [-0.05, 0) is 25.5 Å². The van der Waals surface area contributed by atoms with Gasteiger partial charge in [0.25, 0.3) is 0 Å². The number of carboxylic acids is 1. The van der Waals surface area contributed by atoms with Crippen molar-refractivity contribution in [2.75, 3.05) is 0 Å². The van der Waals surface area contributed by atoms with Crippen LogP contribution in [0.25, 0.3) is 0 Å². The standard InChI is InChI=1S/C11H12ClFO2/c1-11(2,13)9(10(14)15)7-5-3-4-6-8(7)12/h3-6,9H,1-2H3,(H,14,15). The molecule has 0 bridgehead atoms. The zero-order valence-corrected chi connectivity index (χ0v) is 9.25. The van der Waals surface area contributed by atoms with Gasteiger partial charge in [0.1, 0.15) is 11.6 Å². The van der Waals surface area contributed by atoms with Crippen LogP contribution in [0.3, 0.4) is 0 Å². The number of carboxylic acid groups (broad SMARTS) is 1. The summed E-state index contributed by atoms with van der Waals surface area (Å²) in [6.07, 6.45) is 0. The van der Waals surface area contributed by atoms with Crippen LogP contribution in [0.4, 0.5) is 4.39 Å². The van der Waals surface area contributed by atoms with Gasteiger partial charge in [-0.25, -0.2) is 4.39 Å². The Balaban J connectivity index is 3.23. The van der Waals surface area contributed by atoms with Crippen molar-refractivity contribution in [1.82, 2.24) is 0 Å². The third-order valence-electron chi connectivity index (χ3n) is 2.15. The van der Waals surface area contributed by atoms with Crippen LogP contribution in [0.5, 0.6) is 0 Å². The topological polar surface area (TPSA) is 37.3 Å². The van der Waals surface area contributed by atoms with Crippen LogP contribution in [0.15, 0.2) is 24.3 Å². The summed E-state index contributed by atoms with van der Waals surface area (Å²) in [5, 5.41) is 9.26. The summed E-state index contributed by atoms with van der Waals surface area (Å²) in [4.78, 5) is 11.0. The monoisotopic (exact) mass is 230 g/mol. The molecule has 15 heavy (non-hydrogen) atoms.